The zero-order chi connectivity index (χ0) is 13.0. The number of hydroxylamine groups is 1. The van der Waals surface area contributed by atoms with E-state index in [9.17, 15) is 4.79 Å². The molecule has 2 heterocycles. The van der Waals surface area contributed by atoms with E-state index in [1.54, 1.807) is 17.5 Å². The van der Waals surface area contributed by atoms with Gasteiger partial charge in [0.2, 0.25) is 5.91 Å². The zero-order valence-corrected chi connectivity index (χ0v) is 10.7. The van der Waals surface area contributed by atoms with Crippen molar-refractivity contribution in [2.24, 2.45) is 12.8 Å². The number of aryl methyl sites for hydroxylation is 1. The lowest BCUT2D eigenvalue weighted by Crippen LogP contribution is -2.29. The summed E-state index contributed by atoms with van der Waals surface area (Å²) in [4.78, 5) is 21.1. The van der Waals surface area contributed by atoms with E-state index in [2.05, 4.69) is 10.5 Å². The Hall–Kier alpha value is -1.70. The number of nitrogens with two attached hydrogens (primary N) is 1. The second kappa shape index (κ2) is 5.76. The lowest BCUT2D eigenvalue weighted by molar-refractivity contribution is -0.125. The van der Waals surface area contributed by atoms with Gasteiger partial charge in [-0.3, -0.25) is 9.63 Å². The molecule has 0 saturated heterocycles. The highest BCUT2D eigenvalue weighted by Gasteiger charge is 2.19. The summed E-state index contributed by atoms with van der Waals surface area (Å²) >= 11 is 1.58. The standard InChI is InChI=1S/C11H14N4O2S/c1-15-5-4-13-11(15)10(8-3-2-6-18-8)14-17-7-9(12)16/h2-6,10,14H,7H2,1H3,(H2,12,16). The molecule has 96 valence electrons. The predicted octanol–water partition coefficient (Wildman–Crippen LogP) is 0.578. The molecule has 2 aromatic heterocycles. The quantitative estimate of drug-likeness (QED) is 0.749. The van der Waals surface area contributed by atoms with Crippen molar-refractivity contribution in [2.45, 2.75) is 6.04 Å². The van der Waals surface area contributed by atoms with Gasteiger partial charge in [-0.2, -0.15) is 5.48 Å². The number of carbonyl (C=O) groups is 1. The summed E-state index contributed by atoms with van der Waals surface area (Å²) in [6.07, 6.45) is 3.57. The second-order valence-electron chi connectivity index (χ2n) is 3.72. The van der Waals surface area contributed by atoms with Crippen LogP contribution in [-0.4, -0.2) is 22.1 Å². The molecule has 3 N–H and O–H groups in total. The average Bonchev–Trinajstić information content (AvgIpc) is 2.96. The van der Waals surface area contributed by atoms with Crippen LogP contribution in [0.2, 0.25) is 0 Å². The summed E-state index contributed by atoms with van der Waals surface area (Å²) in [5.74, 6) is 0.286. The number of nitrogens with zero attached hydrogens (tertiary/aromatic N) is 2. The van der Waals surface area contributed by atoms with Crippen molar-refractivity contribution in [1.82, 2.24) is 15.0 Å². The minimum absolute atomic E-state index is 0.174. The minimum Gasteiger partial charge on any atom is -0.368 e. The maximum atomic E-state index is 10.7. The maximum Gasteiger partial charge on any atom is 0.245 e. The second-order valence-corrected chi connectivity index (χ2v) is 4.70. The molecule has 0 spiro atoms. The Labute approximate surface area is 108 Å². The zero-order valence-electron chi connectivity index (χ0n) is 9.87. The number of aromatic nitrogens is 2. The van der Waals surface area contributed by atoms with Gasteiger partial charge in [0.1, 0.15) is 18.5 Å². The van der Waals surface area contributed by atoms with Crippen molar-refractivity contribution in [3.63, 3.8) is 0 Å². The molecule has 0 aliphatic carbocycles. The molecular weight excluding hydrogens is 252 g/mol. The molecule has 0 aromatic carbocycles. The van der Waals surface area contributed by atoms with Crippen molar-refractivity contribution in [2.75, 3.05) is 6.61 Å². The average molecular weight is 266 g/mol. The summed E-state index contributed by atoms with van der Waals surface area (Å²) < 4.78 is 1.89. The SMILES string of the molecule is Cn1ccnc1C(NOCC(N)=O)c1cccs1. The molecule has 7 heteroatoms. The Morgan fingerprint density at radius 1 is 1.72 bits per heavy atom. The molecule has 2 aromatic rings. The smallest absolute Gasteiger partial charge is 0.245 e. The van der Waals surface area contributed by atoms with Crippen LogP contribution in [0, 0.1) is 0 Å². The number of nitrogens with one attached hydrogen (secondary N) is 1. The topological polar surface area (TPSA) is 82.2 Å². The first-order valence-electron chi connectivity index (χ1n) is 5.34. The first-order chi connectivity index (χ1) is 8.68. The van der Waals surface area contributed by atoms with E-state index in [0.29, 0.717) is 0 Å². The fraction of sp³-hybridized carbons (Fsp3) is 0.273. The fourth-order valence-corrected chi connectivity index (χ4v) is 2.31. The van der Waals surface area contributed by atoms with Crippen molar-refractivity contribution < 1.29 is 9.63 Å². The van der Waals surface area contributed by atoms with Crippen LogP contribution in [0.15, 0.2) is 29.9 Å². The largest absolute Gasteiger partial charge is 0.368 e. The van der Waals surface area contributed by atoms with Crippen LogP contribution in [-0.2, 0) is 16.7 Å². The molecular formula is C11H14N4O2S. The number of hydrogen-bond acceptors (Lipinski definition) is 5. The summed E-state index contributed by atoms with van der Waals surface area (Å²) in [5.41, 5.74) is 7.85. The van der Waals surface area contributed by atoms with E-state index in [4.69, 9.17) is 10.6 Å². The lowest BCUT2D eigenvalue weighted by atomic mass is 10.2. The van der Waals surface area contributed by atoms with Crippen LogP contribution in [0.5, 0.6) is 0 Å². The Morgan fingerprint density at radius 3 is 3.11 bits per heavy atom. The molecule has 0 aliphatic rings. The van der Waals surface area contributed by atoms with Crippen molar-refractivity contribution in [3.8, 4) is 0 Å². The molecule has 0 fully saturated rings. The number of thiophene rings is 1. The minimum atomic E-state index is -0.521. The predicted molar refractivity (Wildman–Crippen MR) is 67.7 cm³/mol. The van der Waals surface area contributed by atoms with Gasteiger partial charge in [-0.25, -0.2) is 4.98 Å². The van der Waals surface area contributed by atoms with Crippen LogP contribution in [0.1, 0.15) is 16.7 Å². The Kier molecular flexibility index (Phi) is 4.08. The summed E-state index contributed by atoms with van der Waals surface area (Å²) in [5, 5.41) is 1.97. The Balaban J connectivity index is 2.14. The maximum absolute atomic E-state index is 10.7. The molecule has 2 rings (SSSR count). The molecule has 0 aliphatic heterocycles. The van der Waals surface area contributed by atoms with Gasteiger partial charge in [0.05, 0.1) is 0 Å². The van der Waals surface area contributed by atoms with Gasteiger partial charge in [0, 0.05) is 24.3 Å². The fourth-order valence-electron chi connectivity index (χ4n) is 1.54. The molecule has 0 saturated carbocycles. The van der Waals surface area contributed by atoms with Crippen LogP contribution < -0.4 is 11.2 Å². The van der Waals surface area contributed by atoms with E-state index in [-0.39, 0.29) is 12.6 Å². The molecule has 1 unspecified atom stereocenters. The highest BCUT2D eigenvalue weighted by Crippen LogP contribution is 2.24. The number of hydrogen-bond donors (Lipinski definition) is 2. The normalized spacial score (nSPS) is 12.5. The van der Waals surface area contributed by atoms with E-state index in [1.807, 2.05) is 35.3 Å². The van der Waals surface area contributed by atoms with E-state index >= 15 is 0 Å². The van der Waals surface area contributed by atoms with Gasteiger partial charge < -0.3 is 10.3 Å². The lowest BCUT2D eigenvalue weighted by Gasteiger charge is -2.16. The van der Waals surface area contributed by atoms with Crippen molar-refractivity contribution in [1.29, 1.82) is 0 Å². The van der Waals surface area contributed by atoms with Gasteiger partial charge in [0.25, 0.3) is 0 Å². The number of primary amides is 1. The number of carbonyl (C=O) groups excluding carboxylic acids is 1. The Morgan fingerprint density at radius 2 is 2.56 bits per heavy atom. The number of amides is 1. The van der Waals surface area contributed by atoms with E-state index in [1.165, 1.54) is 0 Å². The first kappa shape index (κ1) is 12.7. The Bertz CT molecular complexity index is 509. The third-order valence-corrected chi connectivity index (χ3v) is 3.30. The van der Waals surface area contributed by atoms with Crippen LogP contribution in [0.4, 0.5) is 0 Å². The molecule has 0 bridgehead atoms. The number of imidazole rings is 1. The molecule has 1 amide bonds. The van der Waals surface area contributed by atoms with Gasteiger partial charge >= 0.3 is 0 Å². The summed E-state index contributed by atoms with van der Waals surface area (Å²) in [6, 6.07) is 3.71. The third-order valence-electron chi connectivity index (χ3n) is 2.36. The van der Waals surface area contributed by atoms with Crippen LogP contribution in [0.25, 0.3) is 0 Å². The van der Waals surface area contributed by atoms with Crippen LogP contribution >= 0.6 is 11.3 Å². The first-order valence-corrected chi connectivity index (χ1v) is 6.22. The van der Waals surface area contributed by atoms with Gasteiger partial charge in [-0.15, -0.1) is 11.3 Å². The van der Waals surface area contributed by atoms with Crippen LogP contribution in [0.3, 0.4) is 0 Å². The van der Waals surface area contributed by atoms with Gasteiger partial charge in [-0.1, -0.05) is 6.07 Å². The molecule has 0 radical (unpaired) electrons. The van der Waals surface area contributed by atoms with Gasteiger partial charge in [0.15, 0.2) is 0 Å². The highest BCUT2D eigenvalue weighted by molar-refractivity contribution is 7.10. The summed E-state index contributed by atoms with van der Waals surface area (Å²) in [6.45, 7) is -0.174. The molecule has 18 heavy (non-hydrogen) atoms. The molecule has 6 nitrogen and oxygen atoms in total. The third kappa shape index (κ3) is 2.95. The van der Waals surface area contributed by atoms with Gasteiger partial charge in [-0.05, 0) is 11.4 Å². The van der Waals surface area contributed by atoms with E-state index < -0.39 is 5.91 Å². The summed E-state index contributed by atoms with van der Waals surface area (Å²) in [7, 11) is 1.90. The van der Waals surface area contributed by atoms with Crippen molar-refractivity contribution >= 4 is 17.2 Å². The van der Waals surface area contributed by atoms with E-state index in [0.717, 1.165) is 10.7 Å². The monoisotopic (exact) mass is 266 g/mol. The number of rotatable bonds is 6. The highest BCUT2D eigenvalue weighted by atomic mass is 32.1. The molecule has 1 atom stereocenters. The van der Waals surface area contributed by atoms with Crippen molar-refractivity contribution in [3.05, 3.63) is 40.6 Å².